The topological polar surface area (TPSA) is 101 Å². The molecular formula is C21H28N4O4. The maximum atomic E-state index is 12.7. The Bertz CT molecular complexity index is 769. The third-order valence-corrected chi connectivity index (χ3v) is 5.97. The van der Waals surface area contributed by atoms with Gasteiger partial charge in [-0.3, -0.25) is 14.5 Å². The number of nitrogens with one attached hydrogen (secondary N) is 2. The fourth-order valence-electron chi connectivity index (χ4n) is 3.96. The number of carbonyl (C=O) groups is 3. The summed E-state index contributed by atoms with van der Waals surface area (Å²) in [5, 5.41) is 5.68. The summed E-state index contributed by atoms with van der Waals surface area (Å²) in [6.07, 6.45) is 8.60. The van der Waals surface area contributed by atoms with Crippen LogP contribution in [0.4, 0.5) is 4.79 Å². The molecule has 0 aromatic carbocycles. The van der Waals surface area contributed by atoms with Crippen molar-refractivity contribution in [2.75, 3.05) is 13.2 Å². The average Bonchev–Trinajstić information content (AvgIpc) is 3.53. The van der Waals surface area contributed by atoms with Crippen LogP contribution in [0.25, 0.3) is 0 Å². The third-order valence-electron chi connectivity index (χ3n) is 5.97. The van der Waals surface area contributed by atoms with Crippen LogP contribution in [-0.2, 0) is 16.1 Å². The first kappa shape index (κ1) is 19.7. The Morgan fingerprint density at radius 1 is 1.24 bits per heavy atom. The number of imide groups is 1. The van der Waals surface area contributed by atoms with E-state index in [9.17, 15) is 14.4 Å². The van der Waals surface area contributed by atoms with Crippen LogP contribution >= 0.6 is 0 Å². The predicted octanol–water partition coefficient (Wildman–Crippen LogP) is 2.13. The average molecular weight is 400 g/mol. The van der Waals surface area contributed by atoms with Crippen molar-refractivity contribution < 1.29 is 19.1 Å². The molecule has 2 N–H and O–H groups in total. The van der Waals surface area contributed by atoms with Gasteiger partial charge >= 0.3 is 6.03 Å². The van der Waals surface area contributed by atoms with Crippen molar-refractivity contribution in [3.8, 4) is 5.88 Å². The van der Waals surface area contributed by atoms with E-state index in [1.807, 2.05) is 6.07 Å². The minimum atomic E-state index is -0.735. The van der Waals surface area contributed by atoms with Crippen molar-refractivity contribution >= 4 is 17.8 Å². The summed E-state index contributed by atoms with van der Waals surface area (Å²) in [5.74, 6) is 0.890. The van der Waals surface area contributed by atoms with Crippen LogP contribution in [-0.4, -0.2) is 46.4 Å². The molecule has 2 heterocycles. The molecule has 3 aliphatic rings. The Kier molecular flexibility index (Phi) is 5.69. The molecule has 1 saturated heterocycles. The number of hydrogen-bond acceptors (Lipinski definition) is 5. The van der Waals surface area contributed by atoms with Gasteiger partial charge < -0.3 is 15.4 Å². The zero-order valence-corrected chi connectivity index (χ0v) is 16.6. The van der Waals surface area contributed by atoms with Crippen LogP contribution in [0.15, 0.2) is 18.3 Å². The van der Waals surface area contributed by atoms with Crippen molar-refractivity contribution in [3.63, 3.8) is 0 Å². The summed E-state index contributed by atoms with van der Waals surface area (Å²) in [5.41, 5.74) is 0.133. The summed E-state index contributed by atoms with van der Waals surface area (Å²) in [6, 6.07) is 3.30. The number of pyridine rings is 1. The number of nitrogens with zero attached hydrogens (tertiary/aromatic N) is 2. The summed E-state index contributed by atoms with van der Waals surface area (Å²) in [6.45, 7) is 1.16. The number of ether oxygens (including phenoxy) is 1. The van der Waals surface area contributed by atoms with Gasteiger partial charge in [-0.2, -0.15) is 0 Å². The lowest BCUT2D eigenvalue weighted by Crippen LogP contribution is -2.48. The Morgan fingerprint density at radius 2 is 2.03 bits per heavy atom. The van der Waals surface area contributed by atoms with Crippen LogP contribution in [0.5, 0.6) is 5.88 Å². The normalized spacial score (nSPS) is 20.6. The summed E-state index contributed by atoms with van der Waals surface area (Å²) in [4.78, 5) is 42.6. The second-order valence-corrected chi connectivity index (χ2v) is 8.32. The highest BCUT2D eigenvalue weighted by Gasteiger charge is 2.51. The maximum absolute atomic E-state index is 12.7. The molecule has 8 nitrogen and oxygen atoms in total. The maximum Gasteiger partial charge on any atom is 0.325 e. The van der Waals surface area contributed by atoms with Gasteiger partial charge in [-0.25, -0.2) is 9.78 Å². The van der Waals surface area contributed by atoms with E-state index < -0.39 is 5.54 Å². The van der Waals surface area contributed by atoms with Crippen LogP contribution in [0.2, 0.25) is 0 Å². The zero-order valence-electron chi connectivity index (χ0n) is 16.6. The van der Waals surface area contributed by atoms with E-state index in [0.29, 0.717) is 37.8 Å². The van der Waals surface area contributed by atoms with Crippen LogP contribution in [0.1, 0.15) is 56.9 Å². The molecule has 156 valence electrons. The fraction of sp³-hybridized carbons (Fsp3) is 0.619. The molecule has 1 aliphatic heterocycles. The first-order valence-corrected chi connectivity index (χ1v) is 10.5. The van der Waals surface area contributed by atoms with Crippen LogP contribution in [0.3, 0.4) is 0 Å². The van der Waals surface area contributed by atoms with Crippen LogP contribution in [0, 0.1) is 5.92 Å². The van der Waals surface area contributed by atoms with Gasteiger partial charge in [0.05, 0.1) is 6.61 Å². The minimum Gasteiger partial charge on any atom is -0.477 e. The smallest absolute Gasteiger partial charge is 0.325 e. The molecule has 0 unspecified atom stereocenters. The molecule has 1 spiro atoms. The molecular weight excluding hydrogens is 372 g/mol. The Hall–Kier alpha value is -2.64. The molecule has 0 radical (unpaired) electrons. The molecule has 2 aliphatic carbocycles. The highest BCUT2D eigenvalue weighted by Crippen LogP contribution is 2.33. The minimum absolute atomic E-state index is 0.0885. The zero-order chi connectivity index (χ0) is 20.3. The molecule has 29 heavy (non-hydrogen) atoms. The molecule has 0 atom stereocenters. The summed E-state index contributed by atoms with van der Waals surface area (Å²) < 4.78 is 5.60. The van der Waals surface area contributed by atoms with E-state index in [2.05, 4.69) is 15.6 Å². The molecule has 1 aromatic rings. The third kappa shape index (κ3) is 4.68. The Balaban J connectivity index is 1.20. The van der Waals surface area contributed by atoms with E-state index >= 15 is 0 Å². The van der Waals surface area contributed by atoms with Crippen molar-refractivity contribution in [2.24, 2.45) is 5.92 Å². The largest absolute Gasteiger partial charge is 0.477 e. The van der Waals surface area contributed by atoms with Gasteiger partial charge in [0.15, 0.2) is 0 Å². The lowest BCUT2D eigenvalue weighted by Gasteiger charge is -2.30. The van der Waals surface area contributed by atoms with E-state index in [0.717, 1.165) is 24.8 Å². The second kappa shape index (κ2) is 8.39. The van der Waals surface area contributed by atoms with Gasteiger partial charge in [-0.1, -0.05) is 25.3 Å². The van der Waals surface area contributed by atoms with Gasteiger partial charge in [0, 0.05) is 31.8 Å². The number of carbonyl (C=O) groups excluding carboxylic acids is 3. The molecule has 2 saturated carbocycles. The number of rotatable bonds is 8. The molecule has 4 amide bonds. The van der Waals surface area contributed by atoms with Gasteiger partial charge in [0.2, 0.25) is 11.8 Å². The van der Waals surface area contributed by atoms with Gasteiger partial charge in [-0.15, -0.1) is 0 Å². The van der Waals surface area contributed by atoms with Crippen molar-refractivity contribution in [3.05, 3.63) is 23.9 Å². The lowest BCUT2D eigenvalue weighted by atomic mass is 9.82. The SMILES string of the molecule is O=C(CCN1C(=O)NC2(CCCCC2)C1=O)NCc1ccc(OCC2CC2)nc1. The first-order valence-electron chi connectivity index (χ1n) is 10.5. The lowest BCUT2D eigenvalue weighted by molar-refractivity contribution is -0.132. The Labute approximate surface area is 170 Å². The molecule has 3 fully saturated rings. The number of amides is 4. The van der Waals surface area contributed by atoms with Gasteiger partial charge in [0.25, 0.3) is 5.91 Å². The van der Waals surface area contributed by atoms with Crippen molar-refractivity contribution in [2.45, 2.75) is 63.5 Å². The fourth-order valence-corrected chi connectivity index (χ4v) is 3.96. The van der Waals surface area contributed by atoms with Gasteiger partial charge in [0.1, 0.15) is 5.54 Å². The Morgan fingerprint density at radius 3 is 2.72 bits per heavy atom. The number of urea groups is 1. The highest BCUT2D eigenvalue weighted by molar-refractivity contribution is 6.07. The van der Waals surface area contributed by atoms with Crippen LogP contribution < -0.4 is 15.4 Å². The standard InChI is InChI=1S/C21H28N4O4/c26-17(22-12-16-6-7-18(23-13-16)29-14-15-4-5-15)8-11-25-19(27)21(24-20(25)28)9-2-1-3-10-21/h6-7,13,15H,1-5,8-12,14H2,(H,22,26)(H,24,28). The second-order valence-electron chi connectivity index (χ2n) is 8.32. The van der Waals surface area contributed by atoms with E-state index in [-0.39, 0.29) is 30.8 Å². The van der Waals surface area contributed by atoms with E-state index in [1.165, 1.54) is 17.7 Å². The van der Waals surface area contributed by atoms with Crippen molar-refractivity contribution in [1.29, 1.82) is 0 Å². The summed E-state index contributed by atoms with van der Waals surface area (Å²) >= 11 is 0. The molecule has 0 bridgehead atoms. The predicted molar refractivity (Wildman–Crippen MR) is 105 cm³/mol. The first-order chi connectivity index (χ1) is 14.1. The van der Waals surface area contributed by atoms with E-state index in [1.54, 1.807) is 12.3 Å². The van der Waals surface area contributed by atoms with E-state index in [4.69, 9.17) is 4.74 Å². The molecule has 1 aromatic heterocycles. The summed E-state index contributed by atoms with van der Waals surface area (Å²) in [7, 11) is 0. The number of hydrogen-bond donors (Lipinski definition) is 2. The highest BCUT2D eigenvalue weighted by atomic mass is 16.5. The quantitative estimate of drug-likeness (QED) is 0.651. The monoisotopic (exact) mass is 400 g/mol. The molecule has 8 heteroatoms. The van der Waals surface area contributed by atoms with Crippen molar-refractivity contribution in [1.82, 2.24) is 20.5 Å². The van der Waals surface area contributed by atoms with Gasteiger partial charge in [-0.05, 0) is 37.2 Å². The number of aromatic nitrogens is 1. The molecule has 4 rings (SSSR count).